The number of H-pyrrole nitrogens is 1. The summed E-state index contributed by atoms with van der Waals surface area (Å²) in [6.45, 7) is 2.41. The van der Waals surface area contributed by atoms with Crippen LogP contribution in [-0.2, 0) is 11.2 Å². The lowest BCUT2D eigenvalue weighted by Crippen LogP contribution is -2.60. The van der Waals surface area contributed by atoms with Crippen LogP contribution in [0.3, 0.4) is 0 Å². The van der Waals surface area contributed by atoms with Crippen LogP contribution in [-0.4, -0.2) is 65.9 Å². The molecule has 1 aromatic heterocycles. The van der Waals surface area contributed by atoms with E-state index in [9.17, 15) is 9.59 Å². The third-order valence-corrected chi connectivity index (χ3v) is 5.69. The Morgan fingerprint density at radius 3 is 2.67 bits per heavy atom. The molecule has 1 fully saturated rings. The van der Waals surface area contributed by atoms with Crippen LogP contribution >= 0.6 is 0 Å². The third kappa shape index (κ3) is 4.02. The molecule has 1 atom stereocenters. The molecule has 2 aromatic carbocycles. The molecular weight excluding hydrogens is 380 g/mol. The van der Waals surface area contributed by atoms with Crippen molar-refractivity contribution in [3.63, 3.8) is 0 Å². The Kier molecular flexibility index (Phi) is 5.72. The van der Waals surface area contributed by atoms with Gasteiger partial charge in [0.15, 0.2) is 0 Å². The van der Waals surface area contributed by atoms with Gasteiger partial charge in [0.25, 0.3) is 5.91 Å². The van der Waals surface area contributed by atoms with Crippen molar-refractivity contribution < 1.29 is 14.3 Å². The summed E-state index contributed by atoms with van der Waals surface area (Å²) in [7, 11) is 1.60. The van der Waals surface area contributed by atoms with Gasteiger partial charge < -0.3 is 20.4 Å². The van der Waals surface area contributed by atoms with Crippen LogP contribution in [0.5, 0.6) is 5.75 Å². The molecule has 2 amide bonds. The van der Waals surface area contributed by atoms with Gasteiger partial charge in [0, 0.05) is 37.1 Å². The highest BCUT2D eigenvalue weighted by atomic mass is 16.5. The first kappa shape index (κ1) is 20.0. The van der Waals surface area contributed by atoms with Crippen molar-refractivity contribution in [2.24, 2.45) is 5.73 Å². The van der Waals surface area contributed by atoms with Crippen LogP contribution in [0.25, 0.3) is 10.9 Å². The number of methoxy groups -OCH3 is 1. The molecule has 30 heavy (non-hydrogen) atoms. The third-order valence-electron chi connectivity index (χ3n) is 5.69. The van der Waals surface area contributed by atoms with Crippen molar-refractivity contribution in [3.05, 3.63) is 65.9 Å². The fourth-order valence-electron chi connectivity index (χ4n) is 4.04. The smallest absolute Gasteiger partial charge is 0.271 e. The molecule has 1 unspecified atom stereocenters. The summed E-state index contributed by atoms with van der Waals surface area (Å²) in [5.74, 6) is -0.0128. The topological polar surface area (TPSA) is 91.7 Å². The number of carbonyl (C=O) groups excluding carboxylic acids is 2. The highest BCUT2D eigenvalue weighted by Crippen LogP contribution is 2.27. The molecule has 0 saturated carbocycles. The van der Waals surface area contributed by atoms with Gasteiger partial charge in [-0.3, -0.25) is 14.5 Å². The first-order valence-electron chi connectivity index (χ1n) is 10.1. The average molecular weight is 406 g/mol. The Morgan fingerprint density at radius 1 is 1.13 bits per heavy atom. The Hall–Kier alpha value is -3.32. The number of rotatable bonds is 6. The second kappa shape index (κ2) is 8.59. The van der Waals surface area contributed by atoms with E-state index in [1.54, 1.807) is 18.1 Å². The van der Waals surface area contributed by atoms with Gasteiger partial charge in [-0.2, -0.15) is 0 Å². The number of nitrogens with zero attached hydrogens (tertiary/aromatic N) is 2. The summed E-state index contributed by atoms with van der Waals surface area (Å²) < 4.78 is 5.38. The van der Waals surface area contributed by atoms with E-state index in [0.717, 1.165) is 23.9 Å². The molecule has 0 spiro atoms. The Morgan fingerprint density at radius 2 is 1.93 bits per heavy atom. The van der Waals surface area contributed by atoms with Crippen molar-refractivity contribution >= 4 is 22.7 Å². The molecule has 0 radical (unpaired) electrons. The van der Waals surface area contributed by atoms with E-state index in [-0.39, 0.29) is 5.91 Å². The Balaban J connectivity index is 1.48. The number of aromatic amines is 1. The first-order chi connectivity index (χ1) is 14.6. The Bertz CT molecular complexity index is 1050. The van der Waals surface area contributed by atoms with Crippen molar-refractivity contribution in [1.29, 1.82) is 0 Å². The number of hydrogen-bond donors (Lipinski definition) is 2. The molecular formula is C23H26N4O3. The lowest BCUT2D eigenvalue weighted by molar-refractivity contribution is -0.124. The van der Waals surface area contributed by atoms with Gasteiger partial charge >= 0.3 is 0 Å². The van der Waals surface area contributed by atoms with Gasteiger partial charge in [0.1, 0.15) is 17.5 Å². The standard InChI is InChI=1S/C23H26N4O3/c1-30-21-9-5-8-18-17(21)14-19(25-18)23(29)27-13-12-26(15-20(27)22(24)28)11-10-16-6-3-2-4-7-16/h2-9,14,20,25H,10-13,15H2,1H3,(H2,24,28). The second-order valence-electron chi connectivity index (χ2n) is 7.56. The number of piperazine rings is 1. The minimum atomic E-state index is -0.657. The van der Waals surface area contributed by atoms with E-state index in [2.05, 4.69) is 22.0 Å². The summed E-state index contributed by atoms with van der Waals surface area (Å²) in [4.78, 5) is 32.3. The van der Waals surface area contributed by atoms with Gasteiger partial charge in [-0.25, -0.2) is 0 Å². The van der Waals surface area contributed by atoms with Crippen molar-refractivity contribution in [2.45, 2.75) is 12.5 Å². The predicted octanol–water partition coefficient (Wildman–Crippen LogP) is 2.03. The van der Waals surface area contributed by atoms with E-state index in [0.29, 0.717) is 31.1 Å². The molecule has 3 aromatic rings. The van der Waals surface area contributed by atoms with Crippen molar-refractivity contribution in [3.8, 4) is 5.75 Å². The largest absolute Gasteiger partial charge is 0.496 e. The van der Waals surface area contributed by atoms with Crippen LogP contribution in [0.1, 0.15) is 16.1 Å². The van der Waals surface area contributed by atoms with Crippen LogP contribution in [0.4, 0.5) is 0 Å². The van der Waals surface area contributed by atoms with E-state index < -0.39 is 11.9 Å². The highest BCUT2D eigenvalue weighted by molar-refractivity contribution is 6.01. The molecule has 7 nitrogen and oxygen atoms in total. The number of aromatic nitrogens is 1. The zero-order valence-electron chi connectivity index (χ0n) is 17.0. The number of hydrogen-bond acceptors (Lipinski definition) is 4. The molecule has 1 aliphatic heterocycles. The molecule has 2 heterocycles. The van der Waals surface area contributed by atoms with E-state index in [1.807, 2.05) is 36.4 Å². The first-order valence-corrected chi connectivity index (χ1v) is 10.1. The van der Waals surface area contributed by atoms with Gasteiger partial charge in [-0.15, -0.1) is 0 Å². The van der Waals surface area contributed by atoms with Crippen LogP contribution in [0, 0.1) is 0 Å². The van der Waals surface area contributed by atoms with E-state index in [4.69, 9.17) is 10.5 Å². The lowest BCUT2D eigenvalue weighted by atomic mass is 10.1. The normalized spacial score (nSPS) is 17.2. The second-order valence-corrected chi connectivity index (χ2v) is 7.56. The number of primary amides is 1. The maximum absolute atomic E-state index is 13.2. The number of ether oxygens (including phenoxy) is 1. The van der Waals surface area contributed by atoms with Gasteiger partial charge in [-0.1, -0.05) is 36.4 Å². The van der Waals surface area contributed by atoms with Crippen molar-refractivity contribution in [1.82, 2.24) is 14.8 Å². The maximum atomic E-state index is 13.2. The molecule has 4 rings (SSSR count). The molecule has 156 valence electrons. The molecule has 7 heteroatoms. The zero-order valence-corrected chi connectivity index (χ0v) is 17.0. The number of nitrogens with one attached hydrogen (secondary N) is 1. The predicted molar refractivity (Wildman–Crippen MR) is 115 cm³/mol. The van der Waals surface area contributed by atoms with E-state index in [1.165, 1.54) is 5.56 Å². The summed E-state index contributed by atoms with van der Waals surface area (Å²) in [5, 5.41) is 0.834. The van der Waals surface area contributed by atoms with Gasteiger partial charge in [-0.05, 0) is 30.2 Å². The fraction of sp³-hybridized carbons (Fsp3) is 0.304. The summed E-state index contributed by atoms with van der Waals surface area (Å²) in [5.41, 5.74) is 8.17. The van der Waals surface area contributed by atoms with Crippen LogP contribution < -0.4 is 10.5 Å². The number of nitrogens with two attached hydrogens (primary N) is 1. The minimum absolute atomic E-state index is 0.222. The molecule has 1 saturated heterocycles. The molecule has 1 aliphatic rings. The molecule has 0 aliphatic carbocycles. The number of carbonyl (C=O) groups is 2. The SMILES string of the molecule is COc1cccc2[nH]c(C(=O)N3CCN(CCc4ccccc4)CC3C(N)=O)cc12. The minimum Gasteiger partial charge on any atom is -0.496 e. The van der Waals surface area contributed by atoms with Gasteiger partial charge in [0.05, 0.1) is 7.11 Å². The monoisotopic (exact) mass is 406 g/mol. The number of fused-ring (bicyclic) bond motifs is 1. The Labute approximate surface area is 175 Å². The average Bonchev–Trinajstić information content (AvgIpc) is 3.22. The molecule has 3 N–H and O–H groups in total. The highest BCUT2D eigenvalue weighted by Gasteiger charge is 2.35. The van der Waals surface area contributed by atoms with Crippen LogP contribution in [0.2, 0.25) is 0 Å². The summed E-state index contributed by atoms with van der Waals surface area (Å²) >= 11 is 0. The molecule has 0 bridgehead atoms. The quantitative estimate of drug-likeness (QED) is 0.655. The number of benzene rings is 2. The maximum Gasteiger partial charge on any atom is 0.271 e. The van der Waals surface area contributed by atoms with Crippen LogP contribution in [0.15, 0.2) is 54.6 Å². The fourth-order valence-corrected chi connectivity index (χ4v) is 4.04. The van der Waals surface area contributed by atoms with Gasteiger partial charge in [0.2, 0.25) is 5.91 Å². The lowest BCUT2D eigenvalue weighted by Gasteiger charge is -2.39. The summed E-state index contributed by atoms with van der Waals surface area (Å²) in [6.07, 6.45) is 0.891. The van der Waals surface area contributed by atoms with Crippen molar-refractivity contribution in [2.75, 3.05) is 33.3 Å². The van der Waals surface area contributed by atoms with E-state index >= 15 is 0 Å². The summed E-state index contributed by atoms with van der Waals surface area (Å²) in [6, 6.07) is 16.9. The zero-order chi connectivity index (χ0) is 21.1. The number of amides is 2.